The highest BCUT2D eigenvalue weighted by molar-refractivity contribution is 9.09. The molecule has 19 heavy (non-hydrogen) atoms. The van der Waals surface area contributed by atoms with Gasteiger partial charge in [-0.15, -0.1) is 0 Å². The number of hydrogen-bond acceptors (Lipinski definition) is 5. The Kier molecular flexibility index (Phi) is 6.35. The monoisotopic (exact) mass is 329 g/mol. The lowest BCUT2D eigenvalue weighted by Crippen LogP contribution is -2.27. The Morgan fingerprint density at radius 2 is 2.05 bits per heavy atom. The Labute approximate surface area is 120 Å². The third-order valence-corrected chi connectivity index (χ3v) is 2.79. The second-order valence-corrected chi connectivity index (χ2v) is 4.55. The average Bonchev–Trinajstić information content (AvgIpc) is 2.38. The highest BCUT2D eigenvalue weighted by Gasteiger charge is 2.16. The Morgan fingerprint density at radius 1 is 1.37 bits per heavy atom. The summed E-state index contributed by atoms with van der Waals surface area (Å²) >= 11 is 3.29. The number of halogens is 1. The number of benzene rings is 1. The molecule has 1 aromatic carbocycles. The first-order valence-corrected chi connectivity index (χ1v) is 6.87. The van der Waals surface area contributed by atoms with E-state index in [1.165, 1.54) is 14.0 Å². The number of anilines is 1. The summed E-state index contributed by atoms with van der Waals surface area (Å²) < 4.78 is 9.83. The van der Waals surface area contributed by atoms with Gasteiger partial charge in [0.2, 0.25) is 0 Å². The van der Waals surface area contributed by atoms with Gasteiger partial charge in [0.25, 0.3) is 0 Å². The number of esters is 2. The molecule has 1 N–H and O–H groups in total. The first-order valence-electron chi connectivity index (χ1n) is 5.75. The van der Waals surface area contributed by atoms with Gasteiger partial charge in [-0.05, 0) is 12.1 Å². The molecule has 5 nitrogen and oxygen atoms in total. The zero-order chi connectivity index (χ0) is 14.3. The maximum atomic E-state index is 11.6. The van der Waals surface area contributed by atoms with Crippen LogP contribution in [0.15, 0.2) is 24.3 Å². The Hall–Kier alpha value is -1.56. The van der Waals surface area contributed by atoms with Crippen molar-refractivity contribution < 1.29 is 19.1 Å². The van der Waals surface area contributed by atoms with Crippen molar-refractivity contribution in [2.75, 3.05) is 17.8 Å². The minimum absolute atomic E-state index is 0.381. The number of rotatable bonds is 6. The highest BCUT2D eigenvalue weighted by Crippen LogP contribution is 2.18. The smallest absolute Gasteiger partial charge is 0.339 e. The molecule has 0 aliphatic rings. The van der Waals surface area contributed by atoms with Gasteiger partial charge in [-0.3, -0.25) is 4.79 Å². The zero-order valence-electron chi connectivity index (χ0n) is 10.8. The minimum atomic E-state index is -0.498. The van der Waals surface area contributed by atoms with Gasteiger partial charge in [-0.1, -0.05) is 28.1 Å². The van der Waals surface area contributed by atoms with E-state index in [1.54, 1.807) is 24.3 Å². The number of ether oxygens (including phenoxy) is 2. The molecule has 0 fully saturated rings. The van der Waals surface area contributed by atoms with Crippen LogP contribution in [-0.2, 0) is 14.3 Å². The van der Waals surface area contributed by atoms with Crippen LogP contribution in [0.2, 0.25) is 0 Å². The summed E-state index contributed by atoms with van der Waals surface area (Å²) in [6.07, 6.45) is 0.0809. The van der Waals surface area contributed by atoms with E-state index in [-0.39, 0.29) is 5.97 Å². The van der Waals surface area contributed by atoms with Crippen molar-refractivity contribution in [2.45, 2.75) is 19.6 Å². The summed E-state index contributed by atoms with van der Waals surface area (Å²) in [6.45, 7) is 1.34. The molecule has 6 heteroatoms. The summed E-state index contributed by atoms with van der Waals surface area (Å²) in [5.74, 6) is -0.822. The number of carbonyl (C=O) groups excluding carboxylic acids is 2. The molecule has 0 aliphatic heterocycles. The van der Waals surface area contributed by atoms with Crippen LogP contribution < -0.4 is 5.32 Å². The van der Waals surface area contributed by atoms with E-state index in [0.717, 1.165) is 0 Å². The molecular weight excluding hydrogens is 314 g/mol. The Morgan fingerprint density at radius 3 is 2.63 bits per heavy atom. The van der Waals surface area contributed by atoms with E-state index in [1.807, 2.05) is 0 Å². The van der Waals surface area contributed by atoms with E-state index in [4.69, 9.17) is 9.47 Å². The number of alkyl halides is 1. The maximum absolute atomic E-state index is 11.6. The molecule has 0 saturated carbocycles. The number of hydrogen-bond donors (Lipinski definition) is 1. The van der Waals surface area contributed by atoms with Gasteiger partial charge in [0, 0.05) is 18.7 Å². The molecule has 0 amide bonds. The lowest BCUT2D eigenvalue weighted by molar-refractivity contribution is -0.145. The van der Waals surface area contributed by atoms with E-state index < -0.39 is 12.2 Å². The number of para-hydroxylation sites is 1. The van der Waals surface area contributed by atoms with Gasteiger partial charge in [0.1, 0.15) is 0 Å². The third kappa shape index (κ3) is 4.90. The number of methoxy groups -OCH3 is 1. The molecule has 0 aromatic heterocycles. The fraction of sp³-hybridized carbons (Fsp3) is 0.385. The van der Waals surface area contributed by atoms with Crippen LogP contribution in [-0.4, -0.2) is 30.6 Å². The molecular formula is C13H16BrNO4. The molecule has 0 heterocycles. The topological polar surface area (TPSA) is 64.6 Å². The fourth-order valence-corrected chi connectivity index (χ4v) is 1.95. The summed E-state index contributed by atoms with van der Waals surface area (Å²) in [4.78, 5) is 22.6. The van der Waals surface area contributed by atoms with Crippen LogP contribution in [0, 0.1) is 0 Å². The largest absolute Gasteiger partial charge is 0.465 e. The molecule has 0 bridgehead atoms. The van der Waals surface area contributed by atoms with Gasteiger partial charge in [0.05, 0.1) is 18.4 Å². The lowest BCUT2D eigenvalue weighted by atomic mass is 10.1. The highest BCUT2D eigenvalue weighted by atomic mass is 79.9. The predicted octanol–water partition coefficient (Wildman–Crippen LogP) is 2.56. The first kappa shape index (κ1) is 15.5. The van der Waals surface area contributed by atoms with Crippen LogP contribution in [0.5, 0.6) is 0 Å². The second-order valence-electron chi connectivity index (χ2n) is 3.76. The van der Waals surface area contributed by atoms with Crippen LogP contribution >= 0.6 is 15.9 Å². The molecule has 0 saturated heterocycles. The normalized spacial score (nSPS) is 11.5. The summed E-state index contributed by atoms with van der Waals surface area (Å²) in [6, 6.07) is 6.90. The first-order chi connectivity index (χ1) is 9.08. The average molecular weight is 330 g/mol. The van der Waals surface area contributed by atoms with Crippen molar-refractivity contribution in [3.63, 3.8) is 0 Å². The quantitative estimate of drug-likeness (QED) is 0.493. The van der Waals surface area contributed by atoms with Crippen molar-refractivity contribution >= 4 is 33.6 Å². The van der Waals surface area contributed by atoms with E-state index in [9.17, 15) is 9.59 Å². The van der Waals surface area contributed by atoms with E-state index in [2.05, 4.69) is 21.2 Å². The SMILES string of the molecule is COC(=O)c1ccccc1NC(CCBr)OC(C)=O. The standard InChI is InChI=1S/C13H16BrNO4/c1-9(16)19-12(7-8-14)15-11-6-4-3-5-10(11)13(17)18-2/h3-6,12,15H,7-8H2,1-2H3. The van der Waals surface area contributed by atoms with Crippen LogP contribution in [0.4, 0.5) is 5.69 Å². The van der Waals surface area contributed by atoms with Crippen molar-refractivity contribution in [3.8, 4) is 0 Å². The lowest BCUT2D eigenvalue weighted by Gasteiger charge is -2.20. The van der Waals surface area contributed by atoms with E-state index in [0.29, 0.717) is 23.0 Å². The van der Waals surface area contributed by atoms with Crippen molar-refractivity contribution in [1.82, 2.24) is 0 Å². The Balaban J connectivity index is 2.89. The third-order valence-electron chi connectivity index (χ3n) is 2.33. The van der Waals surface area contributed by atoms with Gasteiger partial charge in [-0.2, -0.15) is 0 Å². The second kappa shape index (κ2) is 7.78. The fourth-order valence-electron chi connectivity index (χ4n) is 1.53. The van der Waals surface area contributed by atoms with Crippen LogP contribution in [0.25, 0.3) is 0 Å². The maximum Gasteiger partial charge on any atom is 0.339 e. The Bertz CT molecular complexity index is 450. The van der Waals surface area contributed by atoms with Gasteiger partial charge in [0.15, 0.2) is 6.23 Å². The van der Waals surface area contributed by atoms with Crippen molar-refractivity contribution in [1.29, 1.82) is 0 Å². The minimum Gasteiger partial charge on any atom is -0.465 e. The van der Waals surface area contributed by atoms with Crippen molar-refractivity contribution in [3.05, 3.63) is 29.8 Å². The molecule has 0 spiro atoms. The molecule has 0 radical (unpaired) electrons. The molecule has 1 aromatic rings. The summed E-state index contributed by atoms with van der Waals surface area (Å²) in [7, 11) is 1.32. The molecule has 0 aliphatic carbocycles. The number of carbonyl (C=O) groups is 2. The molecule has 1 atom stereocenters. The number of nitrogens with one attached hydrogen (secondary N) is 1. The summed E-state index contributed by atoms with van der Waals surface area (Å²) in [5, 5.41) is 3.69. The van der Waals surface area contributed by atoms with Gasteiger partial charge in [-0.25, -0.2) is 4.79 Å². The summed E-state index contributed by atoms with van der Waals surface area (Å²) in [5.41, 5.74) is 0.971. The van der Waals surface area contributed by atoms with Gasteiger partial charge >= 0.3 is 11.9 Å². The van der Waals surface area contributed by atoms with Crippen molar-refractivity contribution in [2.24, 2.45) is 0 Å². The molecule has 104 valence electrons. The zero-order valence-corrected chi connectivity index (χ0v) is 12.4. The molecule has 1 rings (SSSR count). The molecule has 1 unspecified atom stereocenters. The predicted molar refractivity (Wildman–Crippen MR) is 75.4 cm³/mol. The van der Waals surface area contributed by atoms with Crippen LogP contribution in [0.3, 0.4) is 0 Å². The van der Waals surface area contributed by atoms with Gasteiger partial charge < -0.3 is 14.8 Å². The van der Waals surface area contributed by atoms with Crippen LogP contribution in [0.1, 0.15) is 23.7 Å². The van der Waals surface area contributed by atoms with E-state index >= 15 is 0 Å².